The van der Waals surface area contributed by atoms with Crippen LogP contribution in [0.25, 0.3) is 0 Å². The molecule has 0 aliphatic carbocycles. The Labute approximate surface area is 106 Å². The van der Waals surface area contributed by atoms with E-state index < -0.39 is 23.1 Å². The molecule has 0 spiro atoms. The second kappa shape index (κ2) is 5.46. The number of methoxy groups -OCH3 is 1. The number of nitriles is 1. The van der Waals surface area contributed by atoms with Gasteiger partial charge in [0.1, 0.15) is 5.92 Å². The lowest BCUT2D eigenvalue weighted by Crippen LogP contribution is -2.37. The van der Waals surface area contributed by atoms with Crippen molar-refractivity contribution in [1.82, 2.24) is 0 Å². The van der Waals surface area contributed by atoms with Gasteiger partial charge in [-0.25, -0.2) is 0 Å². The van der Waals surface area contributed by atoms with Crippen LogP contribution in [0, 0.1) is 22.7 Å². The first kappa shape index (κ1) is 13.9. The molecule has 0 heterocycles. The van der Waals surface area contributed by atoms with E-state index in [0.29, 0.717) is 5.56 Å². The largest absolute Gasteiger partial charge is 0.468 e. The van der Waals surface area contributed by atoms with E-state index in [1.165, 1.54) is 7.11 Å². The number of rotatable bonds is 4. The molecule has 0 bridgehead atoms. The van der Waals surface area contributed by atoms with Crippen molar-refractivity contribution in [3.8, 4) is 6.07 Å². The second-order valence-electron chi connectivity index (χ2n) is 4.52. The zero-order chi connectivity index (χ0) is 13.8. The molecular weight excluding hydrogens is 230 g/mol. The highest BCUT2D eigenvalue weighted by molar-refractivity contribution is 6.09. The van der Waals surface area contributed by atoms with E-state index in [4.69, 9.17) is 5.26 Å². The van der Waals surface area contributed by atoms with Gasteiger partial charge in [0, 0.05) is 5.56 Å². The highest BCUT2D eigenvalue weighted by atomic mass is 16.5. The summed E-state index contributed by atoms with van der Waals surface area (Å²) in [5, 5.41) is 9.09. The molecular formula is C14H15NO3. The van der Waals surface area contributed by atoms with Gasteiger partial charge in [0.2, 0.25) is 0 Å². The fraction of sp³-hybridized carbons (Fsp3) is 0.357. The van der Waals surface area contributed by atoms with Crippen LogP contribution in [0.1, 0.15) is 24.2 Å². The maximum Gasteiger partial charge on any atom is 0.318 e. The summed E-state index contributed by atoms with van der Waals surface area (Å²) >= 11 is 0. The van der Waals surface area contributed by atoms with Gasteiger partial charge in [-0.1, -0.05) is 30.3 Å². The maximum absolute atomic E-state index is 12.3. The van der Waals surface area contributed by atoms with E-state index in [9.17, 15) is 9.59 Å². The molecule has 1 aromatic carbocycles. The molecule has 4 nitrogen and oxygen atoms in total. The molecule has 0 saturated heterocycles. The molecule has 0 aliphatic rings. The van der Waals surface area contributed by atoms with Gasteiger partial charge in [-0.05, 0) is 13.8 Å². The lowest BCUT2D eigenvalue weighted by Gasteiger charge is -2.24. The Morgan fingerprint density at radius 3 is 2.28 bits per heavy atom. The number of nitrogens with zero attached hydrogens (tertiary/aromatic N) is 1. The van der Waals surface area contributed by atoms with Crippen molar-refractivity contribution in [2.24, 2.45) is 11.3 Å². The van der Waals surface area contributed by atoms with Crippen LogP contribution in [0.2, 0.25) is 0 Å². The van der Waals surface area contributed by atoms with Crippen molar-refractivity contribution >= 4 is 11.8 Å². The van der Waals surface area contributed by atoms with Crippen molar-refractivity contribution in [2.75, 3.05) is 7.11 Å². The number of ether oxygens (including phenoxy) is 1. The summed E-state index contributed by atoms with van der Waals surface area (Å²) in [6.07, 6.45) is 0. The van der Waals surface area contributed by atoms with Crippen LogP contribution in [-0.4, -0.2) is 18.9 Å². The lowest BCUT2D eigenvalue weighted by molar-refractivity contribution is -0.146. The third kappa shape index (κ3) is 2.75. The summed E-state index contributed by atoms with van der Waals surface area (Å²) in [5.74, 6) is -2.20. The molecule has 1 unspecified atom stereocenters. The Bertz CT molecular complexity index is 486. The zero-order valence-electron chi connectivity index (χ0n) is 10.6. The van der Waals surface area contributed by atoms with Gasteiger partial charge >= 0.3 is 5.97 Å². The molecule has 18 heavy (non-hydrogen) atoms. The van der Waals surface area contributed by atoms with Crippen LogP contribution in [0.4, 0.5) is 0 Å². The van der Waals surface area contributed by atoms with Crippen molar-refractivity contribution in [2.45, 2.75) is 13.8 Å². The van der Waals surface area contributed by atoms with Gasteiger partial charge in [-0.3, -0.25) is 9.59 Å². The van der Waals surface area contributed by atoms with Crippen LogP contribution in [0.5, 0.6) is 0 Å². The molecule has 0 aliphatic heterocycles. The normalized spacial score (nSPS) is 12.3. The minimum atomic E-state index is -1.12. The highest BCUT2D eigenvalue weighted by Gasteiger charge is 2.42. The molecule has 0 N–H and O–H groups in total. The molecule has 0 fully saturated rings. The van der Waals surface area contributed by atoms with E-state index in [-0.39, 0.29) is 0 Å². The molecule has 0 radical (unpaired) electrons. The molecule has 0 saturated carbocycles. The number of Topliss-reactive ketones (excluding diaryl/α,β-unsaturated/α-hetero) is 1. The smallest absolute Gasteiger partial charge is 0.318 e. The number of carbonyl (C=O) groups is 2. The predicted molar refractivity (Wildman–Crippen MR) is 65.7 cm³/mol. The van der Waals surface area contributed by atoms with Gasteiger partial charge in [-0.15, -0.1) is 0 Å². The molecule has 1 rings (SSSR count). The Balaban J connectivity index is 3.18. The van der Waals surface area contributed by atoms with Crippen LogP contribution in [-0.2, 0) is 9.53 Å². The predicted octanol–water partition coefficient (Wildman–Crippen LogP) is 2.21. The Morgan fingerprint density at radius 2 is 1.83 bits per heavy atom. The fourth-order valence-corrected chi connectivity index (χ4v) is 1.68. The summed E-state index contributed by atoms with van der Waals surface area (Å²) < 4.78 is 4.63. The molecule has 0 amide bonds. The quantitative estimate of drug-likeness (QED) is 0.463. The topological polar surface area (TPSA) is 67.2 Å². The zero-order valence-corrected chi connectivity index (χ0v) is 10.6. The summed E-state index contributed by atoms with van der Waals surface area (Å²) in [6.45, 7) is 3.10. The van der Waals surface area contributed by atoms with Gasteiger partial charge in [0.15, 0.2) is 5.78 Å². The molecule has 4 heteroatoms. The van der Waals surface area contributed by atoms with Gasteiger partial charge in [0.05, 0.1) is 18.6 Å². The first-order valence-corrected chi connectivity index (χ1v) is 5.52. The second-order valence-corrected chi connectivity index (χ2v) is 4.52. The molecule has 0 aromatic heterocycles. The number of benzene rings is 1. The van der Waals surface area contributed by atoms with E-state index in [1.54, 1.807) is 44.2 Å². The Hall–Kier alpha value is -2.15. The van der Waals surface area contributed by atoms with E-state index in [0.717, 1.165) is 0 Å². The third-order valence-electron chi connectivity index (χ3n) is 2.77. The lowest BCUT2D eigenvalue weighted by atomic mass is 9.76. The van der Waals surface area contributed by atoms with Crippen LogP contribution in [0.3, 0.4) is 0 Å². The third-order valence-corrected chi connectivity index (χ3v) is 2.77. The summed E-state index contributed by atoms with van der Waals surface area (Å²) in [4.78, 5) is 24.0. The number of ketones is 1. The SMILES string of the molecule is COC(=O)C(C(=O)c1ccccc1)C(C)(C)C#N. The van der Waals surface area contributed by atoms with Crippen molar-refractivity contribution in [3.05, 3.63) is 35.9 Å². The first-order valence-electron chi connectivity index (χ1n) is 5.52. The fourth-order valence-electron chi connectivity index (χ4n) is 1.68. The van der Waals surface area contributed by atoms with Gasteiger partial charge < -0.3 is 4.74 Å². The summed E-state index contributed by atoms with van der Waals surface area (Å²) in [5.41, 5.74) is -0.712. The van der Waals surface area contributed by atoms with E-state index in [2.05, 4.69) is 4.74 Å². The van der Waals surface area contributed by atoms with E-state index >= 15 is 0 Å². The average Bonchev–Trinajstić information content (AvgIpc) is 2.39. The Morgan fingerprint density at radius 1 is 1.28 bits per heavy atom. The molecule has 1 aromatic rings. The van der Waals surface area contributed by atoms with Crippen LogP contribution in [0.15, 0.2) is 30.3 Å². The highest BCUT2D eigenvalue weighted by Crippen LogP contribution is 2.30. The molecule has 1 atom stereocenters. The van der Waals surface area contributed by atoms with E-state index in [1.807, 2.05) is 6.07 Å². The number of esters is 1. The molecule has 94 valence electrons. The van der Waals surface area contributed by atoms with Crippen LogP contribution >= 0.6 is 0 Å². The number of hydrogen-bond acceptors (Lipinski definition) is 4. The number of carbonyl (C=O) groups excluding carboxylic acids is 2. The number of hydrogen-bond donors (Lipinski definition) is 0. The van der Waals surface area contributed by atoms with Crippen molar-refractivity contribution < 1.29 is 14.3 Å². The monoisotopic (exact) mass is 245 g/mol. The van der Waals surface area contributed by atoms with Gasteiger partial charge in [-0.2, -0.15) is 5.26 Å². The van der Waals surface area contributed by atoms with Crippen molar-refractivity contribution in [3.63, 3.8) is 0 Å². The minimum Gasteiger partial charge on any atom is -0.468 e. The summed E-state index contributed by atoms with van der Waals surface area (Å²) in [7, 11) is 1.21. The van der Waals surface area contributed by atoms with Crippen molar-refractivity contribution in [1.29, 1.82) is 5.26 Å². The first-order chi connectivity index (χ1) is 8.44. The van der Waals surface area contributed by atoms with Gasteiger partial charge in [0.25, 0.3) is 0 Å². The minimum absolute atomic E-state index is 0.394. The maximum atomic E-state index is 12.3. The Kier molecular flexibility index (Phi) is 4.22. The standard InChI is InChI=1S/C14H15NO3/c1-14(2,9-15)11(13(17)18-3)12(16)10-7-5-4-6-8-10/h4-8,11H,1-3H3. The van der Waals surface area contributed by atoms with Crippen LogP contribution < -0.4 is 0 Å². The summed E-state index contributed by atoms with van der Waals surface area (Å²) in [6, 6.07) is 10.4. The average molecular weight is 245 g/mol.